The number of nitrogens with one attached hydrogen (secondary N) is 2. The van der Waals surface area contributed by atoms with Crippen LogP contribution >= 0.6 is 12.4 Å². The van der Waals surface area contributed by atoms with Crippen molar-refractivity contribution in [3.05, 3.63) is 59.9 Å². The molecule has 0 bridgehead atoms. The minimum absolute atomic E-state index is 0. The zero-order valence-electron chi connectivity index (χ0n) is 14.3. The number of hydrogen-bond acceptors (Lipinski definition) is 5. The van der Waals surface area contributed by atoms with Crippen molar-refractivity contribution < 1.29 is 9.47 Å². The summed E-state index contributed by atoms with van der Waals surface area (Å²) in [6.07, 6.45) is 8.53. The summed E-state index contributed by atoms with van der Waals surface area (Å²) in [5.41, 5.74) is 3.35. The first-order valence-electron chi connectivity index (χ1n) is 7.74. The van der Waals surface area contributed by atoms with E-state index in [4.69, 9.17) is 20.7 Å². The fraction of sp³-hybridized carbons (Fsp3) is 0.278. The monoisotopic (exact) mass is 362 g/mol. The Hall–Kier alpha value is -2.28. The van der Waals surface area contributed by atoms with Crippen LogP contribution in [0.5, 0.6) is 0 Å². The number of nitrogens with two attached hydrogens (primary N) is 1. The Balaban J connectivity index is 0.00000225. The van der Waals surface area contributed by atoms with Crippen molar-refractivity contribution in [3.8, 4) is 0 Å². The average Bonchev–Trinajstić information content (AvgIpc) is 2.64. The number of nitrogen functional groups attached to an aromatic ring is 1. The summed E-state index contributed by atoms with van der Waals surface area (Å²) in [5.74, 6) is 6.31. The van der Waals surface area contributed by atoms with Gasteiger partial charge < -0.3 is 19.5 Å². The lowest BCUT2D eigenvalue weighted by atomic mass is 9.94. The normalized spacial score (nSPS) is 19.2. The Labute approximate surface area is 152 Å². The molecule has 0 saturated carbocycles. The van der Waals surface area contributed by atoms with E-state index in [-0.39, 0.29) is 12.4 Å². The largest absolute Gasteiger partial charge is 0.497 e. The van der Waals surface area contributed by atoms with Crippen molar-refractivity contribution in [1.29, 1.82) is 5.41 Å². The van der Waals surface area contributed by atoms with E-state index < -0.39 is 5.60 Å². The van der Waals surface area contributed by atoms with Gasteiger partial charge in [0.1, 0.15) is 16.8 Å². The fourth-order valence-electron chi connectivity index (χ4n) is 2.94. The third-order valence-corrected chi connectivity index (χ3v) is 4.48. The van der Waals surface area contributed by atoms with Crippen LogP contribution in [0.15, 0.2) is 54.4 Å². The first kappa shape index (κ1) is 19.1. The van der Waals surface area contributed by atoms with E-state index in [0.717, 1.165) is 22.2 Å². The molecule has 1 heterocycles. The van der Waals surface area contributed by atoms with Gasteiger partial charge in [0.25, 0.3) is 0 Å². The van der Waals surface area contributed by atoms with Crippen molar-refractivity contribution in [2.75, 3.05) is 19.6 Å². The first-order valence-corrected chi connectivity index (χ1v) is 7.74. The van der Waals surface area contributed by atoms with Gasteiger partial charge in [-0.25, -0.2) is 0 Å². The summed E-state index contributed by atoms with van der Waals surface area (Å²) in [6.45, 7) is 0.544. The lowest BCUT2D eigenvalue weighted by Gasteiger charge is -2.31. The van der Waals surface area contributed by atoms with Crippen LogP contribution in [-0.4, -0.2) is 24.4 Å². The minimum atomic E-state index is -0.486. The Morgan fingerprint density at radius 2 is 2.12 bits per heavy atom. The summed E-state index contributed by atoms with van der Waals surface area (Å²) >= 11 is 0. The van der Waals surface area contributed by atoms with E-state index in [1.165, 1.54) is 0 Å². The summed E-state index contributed by atoms with van der Waals surface area (Å²) in [5, 5.41) is 10.4. The van der Waals surface area contributed by atoms with E-state index in [0.29, 0.717) is 18.5 Å². The molecular weight excluding hydrogens is 340 g/mol. The molecule has 0 radical (unpaired) electrons. The number of ether oxygens (including phenoxy) is 2. The number of fused-ring (bicyclic) bond motifs is 1. The molecule has 25 heavy (non-hydrogen) atoms. The van der Waals surface area contributed by atoms with Gasteiger partial charge >= 0.3 is 0 Å². The van der Waals surface area contributed by atoms with Crippen LogP contribution in [0.2, 0.25) is 0 Å². The van der Waals surface area contributed by atoms with Gasteiger partial charge in [0.15, 0.2) is 0 Å². The highest BCUT2D eigenvalue weighted by molar-refractivity contribution is 5.85. The molecule has 0 saturated heterocycles. The number of halogens is 1. The van der Waals surface area contributed by atoms with E-state index in [1.54, 1.807) is 14.2 Å². The second-order valence-corrected chi connectivity index (χ2v) is 5.86. The third kappa shape index (κ3) is 3.71. The average molecular weight is 363 g/mol. The van der Waals surface area contributed by atoms with Gasteiger partial charge in [-0.05, 0) is 41.8 Å². The zero-order chi connectivity index (χ0) is 17.2. The molecule has 3 rings (SSSR count). The van der Waals surface area contributed by atoms with E-state index in [1.807, 2.05) is 53.3 Å². The molecule has 1 atom stereocenters. The van der Waals surface area contributed by atoms with Gasteiger partial charge in [0.05, 0.1) is 13.7 Å². The maximum absolute atomic E-state index is 8.54. The number of hydrazine groups is 1. The number of nitrogens with zero attached hydrogens (tertiary/aromatic N) is 1. The number of methoxy groups -OCH3 is 2. The van der Waals surface area contributed by atoms with Gasteiger partial charge in [0, 0.05) is 30.8 Å². The van der Waals surface area contributed by atoms with Gasteiger partial charge in [-0.2, -0.15) is 0 Å². The molecule has 134 valence electrons. The SMILES string of the molecule is COC1=CCC(Cn2ccc3ccc(NN)cc3c2=N)(OC)C=C1.Cl. The highest BCUT2D eigenvalue weighted by Gasteiger charge is 2.29. The maximum atomic E-state index is 8.54. The number of benzene rings is 1. The highest BCUT2D eigenvalue weighted by Crippen LogP contribution is 2.26. The molecule has 1 aromatic heterocycles. The number of allylic oxidation sites excluding steroid dienone is 1. The minimum Gasteiger partial charge on any atom is -0.497 e. The number of anilines is 1. The van der Waals surface area contributed by atoms with Gasteiger partial charge in [0.2, 0.25) is 0 Å². The predicted molar refractivity (Wildman–Crippen MR) is 101 cm³/mol. The van der Waals surface area contributed by atoms with Gasteiger partial charge in [-0.1, -0.05) is 6.07 Å². The zero-order valence-corrected chi connectivity index (χ0v) is 15.1. The molecule has 7 heteroatoms. The summed E-state index contributed by atoms with van der Waals surface area (Å²) in [7, 11) is 3.34. The van der Waals surface area contributed by atoms with E-state index in [2.05, 4.69) is 5.43 Å². The quantitative estimate of drug-likeness (QED) is 0.564. The summed E-state index contributed by atoms with van der Waals surface area (Å²) in [4.78, 5) is 0. The van der Waals surface area contributed by atoms with E-state index >= 15 is 0 Å². The van der Waals surface area contributed by atoms with Crippen molar-refractivity contribution >= 4 is 28.9 Å². The lowest BCUT2D eigenvalue weighted by molar-refractivity contribution is 0.0166. The number of hydrogen-bond donors (Lipinski definition) is 3. The Kier molecular flexibility index (Phi) is 5.89. The molecule has 1 aromatic carbocycles. The molecule has 2 aromatic rings. The maximum Gasteiger partial charge on any atom is 0.132 e. The molecule has 1 unspecified atom stereocenters. The van der Waals surface area contributed by atoms with Gasteiger partial charge in [-0.3, -0.25) is 11.3 Å². The second kappa shape index (κ2) is 7.74. The van der Waals surface area contributed by atoms with Crippen LogP contribution in [0, 0.1) is 5.41 Å². The van der Waals surface area contributed by atoms with Crippen LogP contribution in [-0.2, 0) is 16.0 Å². The number of aromatic nitrogens is 1. The molecule has 1 aliphatic rings. The second-order valence-electron chi connectivity index (χ2n) is 5.86. The predicted octanol–water partition coefficient (Wildman–Crippen LogP) is 2.70. The highest BCUT2D eigenvalue weighted by atomic mass is 35.5. The van der Waals surface area contributed by atoms with Crippen LogP contribution in [0.25, 0.3) is 10.8 Å². The number of rotatable bonds is 5. The summed E-state index contributed by atoms with van der Waals surface area (Å²) in [6, 6.07) is 7.73. The van der Waals surface area contributed by atoms with Crippen LogP contribution < -0.4 is 16.8 Å². The standard InChI is InChI=1S/C18H22N4O2.ClH/c1-23-15-5-8-18(24-2,9-6-15)12-22-10-7-13-3-4-14(21-20)11-16(13)17(22)19;/h3-8,10-11,19,21H,9,12,20H2,1-2H3;1H. The fourth-order valence-corrected chi connectivity index (χ4v) is 2.94. The van der Waals surface area contributed by atoms with Crippen molar-refractivity contribution in [2.45, 2.75) is 18.6 Å². The van der Waals surface area contributed by atoms with Crippen molar-refractivity contribution in [2.24, 2.45) is 5.84 Å². The van der Waals surface area contributed by atoms with Gasteiger partial charge in [-0.15, -0.1) is 12.4 Å². The molecule has 6 nitrogen and oxygen atoms in total. The molecule has 4 N–H and O–H groups in total. The van der Waals surface area contributed by atoms with Crippen LogP contribution in [0.3, 0.4) is 0 Å². The smallest absolute Gasteiger partial charge is 0.132 e. The number of pyridine rings is 1. The lowest BCUT2D eigenvalue weighted by Crippen LogP contribution is -2.38. The topological polar surface area (TPSA) is 85.3 Å². The van der Waals surface area contributed by atoms with Crippen LogP contribution in [0.1, 0.15) is 6.42 Å². The first-order chi connectivity index (χ1) is 11.6. The third-order valence-electron chi connectivity index (χ3n) is 4.48. The van der Waals surface area contributed by atoms with E-state index in [9.17, 15) is 0 Å². The Morgan fingerprint density at radius 1 is 1.32 bits per heavy atom. The Bertz CT molecular complexity index is 875. The Morgan fingerprint density at radius 3 is 2.72 bits per heavy atom. The summed E-state index contributed by atoms with van der Waals surface area (Å²) < 4.78 is 12.9. The molecule has 1 aliphatic carbocycles. The van der Waals surface area contributed by atoms with Crippen molar-refractivity contribution in [1.82, 2.24) is 4.57 Å². The molecule has 0 aliphatic heterocycles. The van der Waals surface area contributed by atoms with Crippen LogP contribution in [0.4, 0.5) is 5.69 Å². The molecule has 0 amide bonds. The molecular formula is C18H23ClN4O2. The molecule has 0 spiro atoms. The molecule has 0 fully saturated rings. The van der Waals surface area contributed by atoms with Crippen molar-refractivity contribution in [3.63, 3.8) is 0 Å².